The first-order valence-corrected chi connectivity index (χ1v) is 11.2. The Kier molecular flexibility index (Phi) is 6.57. The van der Waals surface area contributed by atoms with Crippen molar-refractivity contribution in [3.63, 3.8) is 0 Å². The van der Waals surface area contributed by atoms with Crippen molar-refractivity contribution in [2.45, 2.75) is 17.2 Å². The van der Waals surface area contributed by atoms with Gasteiger partial charge in [0.05, 0.1) is 5.56 Å². The quantitative estimate of drug-likeness (QED) is 0.367. The van der Waals surface area contributed by atoms with Gasteiger partial charge in [0.15, 0.2) is 0 Å². The lowest BCUT2D eigenvalue weighted by Crippen LogP contribution is -2.27. The molecule has 0 atom stereocenters. The van der Waals surface area contributed by atoms with E-state index in [1.54, 1.807) is 18.2 Å². The van der Waals surface area contributed by atoms with E-state index in [1.165, 1.54) is 34.0 Å². The lowest BCUT2D eigenvalue weighted by atomic mass is 9.98. The van der Waals surface area contributed by atoms with Crippen LogP contribution in [0, 0.1) is 0 Å². The van der Waals surface area contributed by atoms with E-state index in [4.69, 9.17) is 4.74 Å². The number of carboxylic acid groups (broad SMARTS) is 1. The molecular weight excluding hydrogens is 410 g/mol. The lowest BCUT2D eigenvalue weighted by molar-refractivity contribution is 0.0693. The van der Waals surface area contributed by atoms with Crippen molar-refractivity contribution in [2.75, 3.05) is 18.9 Å². The summed E-state index contributed by atoms with van der Waals surface area (Å²) in [5.74, 6) is -0.186. The zero-order valence-electron chi connectivity index (χ0n) is 16.9. The third kappa shape index (κ3) is 4.75. The van der Waals surface area contributed by atoms with E-state index in [2.05, 4.69) is 29.6 Å². The van der Waals surface area contributed by atoms with E-state index in [1.807, 2.05) is 30.3 Å². The summed E-state index contributed by atoms with van der Waals surface area (Å²) >= 11 is 1.47. The molecule has 1 aliphatic rings. The number of aromatic carboxylic acids is 1. The summed E-state index contributed by atoms with van der Waals surface area (Å²) in [7, 11) is 0. The average molecular weight is 434 g/mol. The Hall–Kier alpha value is -3.25. The molecule has 0 saturated heterocycles. The van der Waals surface area contributed by atoms with Crippen LogP contribution in [0.15, 0.2) is 77.7 Å². The highest BCUT2D eigenvalue weighted by Gasteiger charge is 2.28. The van der Waals surface area contributed by atoms with Crippen molar-refractivity contribution in [3.05, 3.63) is 89.5 Å². The normalized spacial score (nSPS) is 12.1. The molecule has 3 aromatic carbocycles. The number of hydrogen-bond acceptors (Lipinski definition) is 4. The van der Waals surface area contributed by atoms with Gasteiger partial charge in [-0.1, -0.05) is 60.7 Å². The van der Waals surface area contributed by atoms with E-state index < -0.39 is 12.1 Å². The molecule has 0 radical (unpaired) electrons. The van der Waals surface area contributed by atoms with Gasteiger partial charge in [-0.05, 0) is 46.6 Å². The third-order valence-electron chi connectivity index (χ3n) is 5.31. The summed E-state index contributed by atoms with van der Waals surface area (Å²) in [6, 6.07) is 23.4. The molecule has 5 nitrogen and oxygen atoms in total. The second kappa shape index (κ2) is 9.71. The first-order valence-electron chi connectivity index (χ1n) is 10.2. The van der Waals surface area contributed by atoms with Crippen molar-refractivity contribution in [1.82, 2.24) is 5.32 Å². The zero-order valence-corrected chi connectivity index (χ0v) is 17.7. The molecule has 0 saturated carbocycles. The number of thioether (sulfide) groups is 1. The fourth-order valence-electron chi connectivity index (χ4n) is 3.86. The molecule has 31 heavy (non-hydrogen) atoms. The minimum absolute atomic E-state index is 0.0428. The maximum atomic E-state index is 12.2. The summed E-state index contributed by atoms with van der Waals surface area (Å²) in [5, 5.41) is 12.0. The summed E-state index contributed by atoms with van der Waals surface area (Å²) in [6.45, 7) is 0.763. The van der Waals surface area contributed by atoms with Crippen LogP contribution in [0.2, 0.25) is 0 Å². The fraction of sp³-hybridized carbons (Fsp3) is 0.200. The number of rotatable bonds is 8. The average Bonchev–Trinajstić information content (AvgIpc) is 3.11. The Morgan fingerprint density at radius 2 is 1.52 bits per heavy atom. The summed E-state index contributed by atoms with van der Waals surface area (Å²) < 4.78 is 5.52. The van der Waals surface area contributed by atoms with Crippen LogP contribution in [0.4, 0.5) is 4.79 Å². The van der Waals surface area contributed by atoms with E-state index >= 15 is 0 Å². The molecule has 6 heteroatoms. The van der Waals surface area contributed by atoms with Crippen LogP contribution in [-0.2, 0) is 4.74 Å². The van der Waals surface area contributed by atoms with E-state index in [0.717, 1.165) is 4.90 Å². The molecule has 0 bridgehead atoms. The van der Waals surface area contributed by atoms with Gasteiger partial charge in [-0.2, -0.15) is 0 Å². The SMILES string of the molecule is O=C(NCCCSc1ccccc1C(=O)O)OCC1c2ccccc2-c2ccccc21. The van der Waals surface area contributed by atoms with Crippen LogP contribution >= 0.6 is 11.8 Å². The van der Waals surface area contributed by atoms with Gasteiger partial charge in [-0.3, -0.25) is 0 Å². The van der Waals surface area contributed by atoms with Gasteiger partial charge in [-0.15, -0.1) is 11.8 Å². The van der Waals surface area contributed by atoms with Gasteiger partial charge in [0, 0.05) is 17.4 Å². The number of carbonyl (C=O) groups is 2. The number of benzene rings is 3. The Morgan fingerprint density at radius 1 is 0.903 bits per heavy atom. The Morgan fingerprint density at radius 3 is 2.19 bits per heavy atom. The molecule has 0 unspecified atom stereocenters. The number of carbonyl (C=O) groups excluding carboxylic acids is 1. The molecule has 1 aliphatic carbocycles. The fourth-order valence-corrected chi connectivity index (χ4v) is 4.86. The first kappa shape index (κ1) is 21.0. The number of amides is 1. The molecule has 0 aromatic heterocycles. The highest BCUT2D eigenvalue weighted by molar-refractivity contribution is 7.99. The maximum absolute atomic E-state index is 12.2. The van der Waals surface area contributed by atoms with Crippen LogP contribution < -0.4 is 5.32 Å². The number of ether oxygens (including phenoxy) is 1. The van der Waals surface area contributed by atoms with Gasteiger partial charge in [-0.25, -0.2) is 9.59 Å². The van der Waals surface area contributed by atoms with Gasteiger partial charge in [0.25, 0.3) is 0 Å². The number of hydrogen-bond donors (Lipinski definition) is 2. The van der Waals surface area contributed by atoms with Crippen LogP contribution in [0.5, 0.6) is 0 Å². The second-order valence-electron chi connectivity index (χ2n) is 7.26. The summed E-state index contributed by atoms with van der Waals surface area (Å²) in [5.41, 5.74) is 5.07. The third-order valence-corrected chi connectivity index (χ3v) is 6.47. The molecule has 0 spiro atoms. The molecule has 4 rings (SSSR count). The van der Waals surface area contributed by atoms with Crippen LogP contribution in [0.25, 0.3) is 11.1 Å². The standard InChI is InChI=1S/C25H23NO4S/c27-24(28)21-12-5-6-13-23(21)31-15-7-14-26-25(29)30-16-22-19-10-3-1-8-17(19)18-9-2-4-11-20(18)22/h1-6,8-13,22H,7,14-16H2,(H,26,29)(H,27,28). The number of alkyl carbamates (subject to hydrolysis) is 1. The maximum Gasteiger partial charge on any atom is 0.407 e. The summed E-state index contributed by atoms with van der Waals surface area (Å²) in [6.07, 6.45) is 0.279. The van der Waals surface area contributed by atoms with Gasteiger partial charge < -0.3 is 15.2 Å². The molecule has 0 aliphatic heterocycles. The van der Waals surface area contributed by atoms with Gasteiger partial charge in [0.1, 0.15) is 6.61 Å². The topological polar surface area (TPSA) is 75.6 Å². The van der Waals surface area contributed by atoms with Crippen LogP contribution in [-0.4, -0.2) is 36.1 Å². The number of nitrogens with one attached hydrogen (secondary N) is 1. The van der Waals surface area contributed by atoms with E-state index in [0.29, 0.717) is 30.9 Å². The highest BCUT2D eigenvalue weighted by atomic mass is 32.2. The zero-order chi connectivity index (χ0) is 21.6. The van der Waals surface area contributed by atoms with Crippen LogP contribution in [0.3, 0.4) is 0 Å². The van der Waals surface area contributed by atoms with Gasteiger partial charge in [0.2, 0.25) is 0 Å². The Bertz CT molecular complexity index is 1050. The van der Waals surface area contributed by atoms with E-state index in [9.17, 15) is 14.7 Å². The van der Waals surface area contributed by atoms with E-state index in [-0.39, 0.29) is 5.92 Å². The first-order chi connectivity index (χ1) is 15.1. The number of carboxylic acids is 1. The Labute approximate surface area is 185 Å². The van der Waals surface area contributed by atoms with Crippen molar-refractivity contribution in [3.8, 4) is 11.1 Å². The predicted molar refractivity (Wildman–Crippen MR) is 122 cm³/mol. The lowest BCUT2D eigenvalue weighted by Gasteiger charge is -2.14. The van der Waals surface area contributed by atoms with Gasteiger partial charge >= 0.3 is 12.1 Å². The van der Waals surface area contributed by atoms with Crippen molar-refractivity contribution < 1.29 is 19.4 Å². The minimum atomic E-state index is -0.931. The van der Waals surface area contributed by atoms with Crippen LogP contribution in [0.1, 0.15) is 33.8 Å². The summed E-state index contributed by atoms with van der Waals surface area (Å²) in [4.78, 5) is 24.2. The van der Waals surface area contributed by atoms with Crippen molar-refractivity contribution in [1.29, 1.82) is 0 Å². The molecular formula is C25H23NO4S. The molecule has 2 N–H and O–H groups in total. The molecule has 0 heterocycles. The number of fused-ring (bicyclic) bond motifs is 3. The molecule has 1 amide bonds. The molecule has 3 aromatic rings. The minimum Gasteiger partial charge on any atom is -0.478 e. The highest BCUT2D eigenvalue weighted by Crippen LogP contribution is 2.44. The largest absolute Gasteiger partial charge is 0.478 e. The smallest absolute Gasteiger partial charge is 0.407 e. The molecule has 0 fully saturated rings. The van der Waals surface area contributed by atoms with Crippen molar-refractivity contribution >= 4 is 23.8 Å². The predicted octanol–water partition coefficient (Wildman–Crippen LogP) is 5.41. The Balaban J connectivity index is 1.24. The second-order valence-corrected chi connectivity index (χ2v) is 8.39. The molecule has 158 valence electrons. The monoisotopic (exact) mass is 433 g/mol. The van der Waals surface area contributed by atoms with Crippen molar-refractivity contribution in [2.24, 2.45) is 0 Å².